The number of thioether (sulfide) groups is 1. The normalized spacial score (nSPS) is 15.8. The number of benzene rings is 2. The Morgan fingerprint density at radius 1 is 1.19 bits per heavy atom. The molecule has 192 valence electrons. The molecule has 2 aromatic carbocycles. The number of hydrogen-bond donors (Lipinski definition) is 2. The highest BCUT2D eigenvalue weighted by molar-refractivity contribution is 8.26. The quantitative estimate of drug-likeness (QED) is 0.345. The highest BCUT2D eigenvalue weighted by atomic mass is 35.5. The molecule has 0 saturated carbocycles. The van der Waals surface area contributed by atoms with Crippen molar-refractivity contribution in [2.75, 3.05) is 25.1 Å². The molecule has 0 unspecified atom stereocenters. The molecule has 2 amide bonds. The number of hydrazone groups is 1. The van der Waals surface area contributed by atoms with Gasteiger partial charge in [-0.1, -0.05) is 11.6 Å². The highest BCUT2D eigenvalue weighted by Crippen LogP contribution is 2.38. The van der Waals surface area contributed by atoms with Crippen LogP contribution in [0.25, 0.3) is 6.08 Å². The number of rotatable bonds is 9. The molecule has 37 heavy (non-hydrogen) atoms. The third-order valence-corrected chi connectivity index (χ3v) is 6.08. The fourth-order valence-corrected chi connectivity index (χ4v) is 4.48. The predicted octanol–water partition coefficient (Wildman–Crippen LogP) is 4.79. The van der Waals surface area contributed by atoms with Crippen molar-refractivity contribution in [2.24, 2.45) is 10.1 Å². The van der Waals surface area contributed by atoms with Gasteiger partial charge in [0.15, 0.2) is 17.3 Å². The van der Waals surface area contributed by atoms with E-state index < -0.39 is 5.91 Å². The van der Waals surface area contributed by atoms with Crippen LogP contribution in [-0.2, 0) is 9.59 Å². The first-order valence-corrected chi connectivity index (χ1v) is 12.5. The van der Waals surface area contributed by atoms with Crippen LogP contribution in [-0.4, -0.2) is 52.7 Å². The minimum Gasteiger partial charge on any atom is -0.490 e. The summed E-state index contributed by atoms with van der Waals surface area (Å²) >= 11 is 7.76. The average Bonchev–Trinajstić information content (AvgIpc) is 3.21. The van der Waals surface area contributed by atoms with Crippen molar-refractivity contribution in [3.63, 3.8) is 0 Å². The lowest BCUT2D eigenvalue weighted by molar-refractivity contribution is -0.115. The molecule has 0 radical (unpaired) electrons. The number of carbonyl (C=O) groups is 2. The second-order valence-corrected chi connectivity index (χ2v) is 9.37. The smallest absolute Gasteiger partial charge is 0.283 e. The number of amides is 2. The molecular weight excluding hydrogens is 518 g/mol. The molecule has 4 rings (SSSR count). The van der Waals surface area contributed by atoms with Crippen molar-refractivity contribution in [1.29, 1.82) is 5.41 Å². The van der Waals surface area contributed by atoms with Crippen molar-refractivity contribution >= 4 is 63.0 Å². The van der Waals surface area contributed by atoms with Crippen LogP contribution in [0.15, 0.2) is 52.1 Å². The first-order valence-electron chi connectivity index (χ1n) is 11.3. The number of aliphatic imine (C=N–C) groups is 1. The number of hydrogen-bond acceptors (Lipinski definition) is 8. The molecule has 0 atom stereocenters. The molecule has 0 bridgehead atoms. The molecule has 0 aliphatic carbocycles. The summed E-state index contributed by atoms with van der Waals surface area (Å²) in [7, 11) is 0. The zero-order valence-corrected chi connectivity index (χ0v) is 21.9. The van der Waals surface area contributed by atoms with Crippen LogP contribution in [0, 0.1) is 5.41 Å². The number of amidine groups is 2. The van der Waals surface area contributed by atoms with E-state index in [9.17, 15) is 9.59 Å². The number of halogens is 1. The number of anilines is 1. The molecule has 2 aliphatic heterocycles. The standard InChI is InChI=1S/C25H24ClN5O5S/c1-4-34-21-13-16(11-19-23(27)31-25(29-24(19)33)37-15(3)30-31)12-20(26)22(21)36-10-9-35-18-7-5-17(6-8-18)28-14(2)32/h5-8,11-13,27H,4,9-10H2,1-3H3,(H,28,32)/b19-11+,27-23?. The molecule has 0 fully saturated rings. The van der Waals surface area contributed by atoms with Crippen LogP contribution in [0.5, 0.6) is 17.2 Å². The lowest BCUT2D eigenvalue weighted by atomic mass is 10.1. The summed E-state index contributed by atoms with van der Waals surface area (Å²) < 4.78 is 17.3. The largest absolute Gasteiger partial charge is 0.490 e. The molecule has 10 nitrogen and oxygen atoms in total. The zero-order valence-electron chi connectivity index (χ0n) is 20.3. The Labute approximate surface area is 222 Å². The molecule has 0 spiro atoms. The summed E-state index contributed by atoms with van der Waals surface area (Å²) in [6, 6.07) is 10.3. The number of nitrogens with zero attached hydrogens (tertiary/aromatic N) is 3. The molecule has 2 aliphatic rings. The minimum absolute atomic E-state index is 0.0592. The maximum atomic E-state index is 12.6. The van der Waals surface area contributed by atoms with Gasteiger partial charge < -0.3 is 19.5 Å². The number of carbonyl (C=O) groups excluding carboxylic acids is 2. The summed E-state index contributed by atoms with van der Waals surface area (Å²) in [5.41, 5.74) is 1.32. The van der Waals surface area contributed by atoms with Gasteiger partial charge in [-0.2, -0.15) is 15.1 Å². The maximum Gasteiger partial charge on any atom is 0.283 e. The Bertz CT molecular complexity index is 1340. The lowest BCUT2D eigenvalue weighted by Gasteiger charge is -2.20. The number of fused-ring (bicyclic) bond motifs is 1. The Hall–Kier alpha value is -3.83. The van der Waals surface area contributed by atoms with Crippen LogP contribution in [0.2, 0.25) is 5.02 Å². The lowest BCUT2D eigenvalue weighted by Crippen LogP contribution is -2.35. The van der Waals surface area contributed by atoms with Gasteiger partial charge in [0.1, 0.15) is 19.0 Å². The van der Waals surface area contributed by atoms with Gasteiger partial charge in [0.05, 0.1) is 22.2 Å². The van der Waals surface area contributed by atoms with Gasteiger partial charge in [0.2, 0.25) is 11.1 Å². The van der Waals surface area contributed by atoms with Crippen LogP contribution >= 0.6 is 23.4 Å². The van der Waals surface area contributed by atoms with Gasteiger partial charge in [-0.15, -0.1) is 0 Å². The number of ether oxygens (including phenoxy) is 3. The SMILES string of the molecule is CCOc1cc(/C=C2\C(=N)N3N=C(C)SC3=NC2=O)cc(Cl)c1OCCOc1ccc(NC(C)=O)cc1. The highest BCUT2D eigenvalue weighted by Gasteiger charge is 2.34. The van der Waals surface area contributed by atoms with Crippen molar-refractivity contribution in [2.45, 2.75) is 20.8 Å². The Kier molecular flexibility index (Phi) is 8.14. The van der Waals surface area contributed by atoms with Gasteiger partial charge in [-0.3, -0.25) is 15.0 Å². The fraction of sp³-hybridized carbons (Fsp3) is 0.240. The van der Waals surface area contributed by atoms with E-state index in [1.165, 1.54) is 29.8 Å². The topological polar surface area (TPSA) is 126 Å². The van der Waals surface area contributed by atoms with Crippen molar-refractivity contribution in [3.8, 4) is 17.2 Å². The van der Waals surface area contributed by atoms with E-state index in [4.69, 9.17) is 31.2 Å². The summed E-state index contributed by atoms with van der Waals surface area (Å²) in [5.74, 6) is 0.633. The van der Waals surface area contributed by atoms with Crippen LogP contribution in [0.4, 0.5) is 5.69 Å². The summed E-state index contributed by atoms with van der Waals surface area (Å²) in [4.78, 5) is 27.7. The molecule has 2 N–H and O–H groups in total. The maximum absolute atomic E-state index is 12.6. The van der Waals surface area contributed by atoms with Crippen LogP contribution < -0.4 is 19.5 Å². The molecule has 12 heteroatoms. The zero-order chi connectivity index (χ0) is 26.5. The van der Waals surface area contributed by atoms with E-state index in [-0.39, 0.29) is 35.6 Å². The Balaban J connectivity index is 1.45. The molecule has 0 aromatic heterocycles. The second-order valence-electron chi connectivity index (χ2n) is 7.80. The third kappa shape index (κ3) is 6.30. The van der Waals surface area contributed by atoms with Crippen molar-refractivity contribution < 1.29 is 23.8 Å². The summed E-state index contributed by atoms with van der Waals surface area (Å²) in [6.45, 7) is 5.86. The van der Waals surface area contributed by atoms with Gasteiger partial charge >= 0.3 is 0 Å². The van der Waals surface area contributed by atoms with Crippen LogP contribution in [0.1, 0.15) is 26.3 Å². The van der Waals surface area contributed by atoms with E-state index >= 15 is 0 Å². The molecular formula is C25H24ClN5O5S. The van der Waals surface area contributed by atoms with Crippen molar-refractivity contribution in [1.82, 2.24) is 5.01 Å². The van der Waals surface area contributed by atoms with Gasteiger partial charge in [0, 0.05) is 12.6 Å². The summed E-state index contributed by atoms with van der Waals surface area (Å²) in [5, 5.41) is 18.0. The van der Waals surface area contributed by atoms with E-state index in [0.717, 1.165) is 0 Å². The van der Waals surface area contributed by atoms with Gasteiger partial charge in [0.25, 0.3) is 5.91 Å². The average molecular weight is 542 g/mol. The molecule has 0 saturated heterocycles. The molecule has 2 aromatic rings. The first-order chi connectivity index (χ1) is 17.7. The minimum atomic E-state index is -0.523. The fourth-order valence-electron chi connectivity index (χ4n) is 3.47. The van der Waals surface area contributed by atoms with E-state index in [1.54, 1.807) is 43.3 Å². The first kappa shape index (κ1) is 26.2. The Morgan fingerprint density at radius 3 is 2.62 bits per heavy atom. The van der Waals surface area contributed by atoms with E-state index in [2.05, 4.69) is 15.4 Å². The second kappa shape index (κ2) is 11.5. The van der Waals surface area contributed by atoms with E-state index in [0.29, 0.717) is 45.3 Å². The van der Waals surface area contributed by atoms with Gasteiger partial charge in [-0.05, 0) is 73.6 Å². The van der Waals surface area contributed by atoms with Crippen LogP contribution in [0.3, 0.4) is 0 Å². The summed E-state index contributed by atoms with van der Waals surface area (Å²) in [6.07, 6.45) is 1.53. The Morgan fingerprint density at radius 2 is 1.92 bits per heavy atom. The molecule has 2 heterocycles. The number of nitrogens with one attached hydrogen (secondary N) is 2. The third-order valence-electron chi connectivity index (χ3n) is 4.97. The predicted molar refractivity (Wildman–Crippen MR) is 145 cm³/mol. The van der Waals surface area contributed by atoms with E-state index in [1.807, 2.05) is 6.92 Å². The monoisotopic (exact) mass is 541 g/mol. The van der Waals surface area contributed by atoms with Crippen molar-refractivity contribution in [3.05, 3.63) is 52.6 Å². The van der Waals surface area contributed by atoms with Gasteiger partial charge in [-0.25, -0.2) is 0 Å².